The van der Waals surface area contributed by atoms with Crippen LogP contribution in [-0.4, -0.2) is 49.2 Å². The number of hydrogen-bond acceptors (Lipinski definition) is 4. The molecule has 1 fully saturated rings. The molecule has 1 aliphatic rings. The van der Waals surface area contributed by atoms with Gasteiger partial charge in [-0.25, -0.2) is 0 Å². The monoisotopic (exact) mass is 290 g/mol. The molecule has 118 valence electrons. The van der Waals surface area contributed by atoms with Crippen molar-refractivity contribution in [1.82, 2.24) is 15.2 Å². The van der Waals surface area contributed by atoms with Gasteiger partial charge in [0.05, 0.1) is 0 Å². The molecule has 0 aromatic carbocycles. The zero-order valence-corrected chi connectivity index (χ0v) is 13.8. The van der Waals surface area contributed by atoms with Gasteiger partial charge in [-0.15, -0.1) is 0 Å². The van der Waals surface area contributed by atoms with Gasteiger partial charge in [0, 0.05) is 49.3 Å². The van der Waals surface area contributed by atoms with Crippen LogP contribution in [0.1, 0.15) is 38.7 Å². The number of pyridine rings is 1. The van der Waals surface area contributed by atoms with E-state index >= 15 is 0 Å². The topological polar surface area (TPSA) is 31.4 Å². The third-order valence-corrected chi connectivity index (χ3v) is 4.30. The second-order valence-electron chi connectivity index (χ2n) is 6.05. The van der Waals surface area contributed by atoms with Gasteiger partial charge in [0.15, 0.2) is 0 Å². The molecule has 0 bridgehead atoms. The smallest absolute Gasteiger partial charge is 0.0445 e. The molecule has 4 heteroatoms. The summed E-state index contributed by atoms with van der Waals surface area (Å²) in [5.41, 5.74) is 2.70. The maximum Gasteiger partial charge on any atom is 0.0445 e. The van der Waals surface area contributed by atoms with Gasteiger partial charge in [0.25, 0.3) is 0 Å². The molecule has 2 heterocycles. The summed E-state index contributed by atoms with van der Waals surface area (Å²) in [5, 5.41) is 3.51. The normalized spacial score (nSPS) is 20.5. The molecule has 0 amide bonds. The van der Waals surface area contributed by atoms with E-state index in [4.69, 9.17) is 0 Å². The average molecular weight is 290 g/mol. The summed E-state index contributed by atoms with van der Waals surface area (Å²) in [7, 11) is 2.24. The molecule has 1 aromatic rings. The number of anilines is 1. The fourth-order valence-corrected chi connectivity index (χ4v) is 3.15. The van der Waals surface area contributed by atoms with E-state index in [0.717, 1.165) is 26.2 Å². The van der Waals surface area contributed by atoms with E-state index in [1.54, 1.807) is 0 Å². The van der Waals surface area contributed by atoms with Crippen molar-refractivity contribution in [3.8, 4) is 0 Å². The van der Waals surface area contributed by atoms with E-state index < -0.39 is 0 Å². The SMILES string of the molecule is CCCNCc1cnccc1N1CCCN(C)CC1CC. The lowest BCUT2D eigenvalue weighted by atomic mass is 10.1. The highest BCUT2D eigenvalue weighted by molar-refractivity contribution is 5.53. The van der Waals surface area contributed by atoms with Crippen molar-refractivity contribution in [2.24, 2.45) is 0 Å². The molecule has 21 heavy (non-hydrogen) atoms. The van der Waals surface area contributed by atoms with E-state index in [1.165, 1.54) is 37.1 Å². The first-order valence-corrected chi connectivity index (χ1v) is 8.35. The van der Waals surface area contributed by atoms with Gasteiger partial charge in [-0.3, -0.25) is 4.98 Å². The van der Waals surface area contributed by atoms with E-state index in [0.29, 0.717) is 6.04 Å². The fraction of sp³-hybridized carbons (Fsp3) is 0.706. The first-order valence-electron chi connectivity index (χ1n) is 8.35. The molecule has 0 saturated carbocycles. The lowest BCUT2D eigenvalue weighted by Gasteiger charge is -2.33. The van der Waals surface area contributed by atoms with E-state index in [2.05, 4.69) is 47.1 Å². The van der Waals surface area contributed by atoms with Crippen molar-refractivity contribution < 1.29 is 0 Å². The second-order valence-corrected chi connectivity index (χ2v) is 6.05. The van der Waals surface area contributed by atoms with Crippen LogP contribution in [0.15, 0.2) is 18.5 Å². The standard InChI is InChI=1S/C17H30N4/c1-4-8-18-12-15-13-19-9-7-17(15)21-11-6-10-20(3)14-16(21)5-2/h7,9,13,16,18H,4-6,8,10-12,14H2,1-3H3. The Morgan fingerprint density at radius 2 is 2.19 bits per heavy atom. The molecule has 1 N–H and O–H groups in total. The second kappa shape index (κ2) is 8.35. The van der Waals surface area contributed by atoms with E-state index in [1.807, 2.05) is 12.4 Å². The predicted molar refractivity (Wildman–Crippen MR) is 89.8 cm³/mol. The summed E-state index contributed by atoms with van der Waals surface area (Å²) >= 11 is 0. The maximum atomic E-state index is 4.33. The van der Waals surface area contributed by atoms with Crippen LogP contribution in [0.5, 0.6) is 0 Å². The van der Waals surface area contributed by atoms with Gasteiger partial charge in [-0.2, -0.15) is 0 Å². The average Bonchev–Trinajstić information content (AvgIpc) is 2.69. The number of nitrogens with zero attached hydrogens (tertiary/aromatic N) is 3. The highest BCUT2D eigenvalue weighted by atomic mass is 15.2. The minimum Gasteiger partial charge on any atom is -0.367 e. The summed E-state index contributed by atoms with van der Waals surface area (Å²) < 4.78 is 0. The van der Waals surface area contributed by atoms with Crippen LogP contribution >= 0.6 is 0 Å². The van der Waals surface area contributed by atoms with Gasteiger partial charge in [0.1, 0.15) is 0 Å². The number of likely N-dealkylation sites (N-methyl/N-ethyl adjacent to an activating group) is 1. The maximum absolute atomic E-state index is 4.33. The zero-order valence-electron chi connectivity index (χ0n) is 13.8. The fourth-order valence-electron chi connectivity index (χ4n) is 3.15. The van der Waals surface area contributed by atoms with Gasteiger partial charge < -0.3 is 15.1 Å². The molecule has 1 atom stereocenters. The Hall–Kier alpha value is -1.13. The van der Waals surface area contributed by atoms with Gasteiger partial charge in [-0.1, -0.05) is 13.8 Å². The summed E-state index contributed by atoms with van der Waals surface area (Å²) in [6.07, 6.45) is 7.55. The number of hydrogen-bond donors (Lipinski definition) is 1. The van der Waals surface area contributed by atoms with Gasteiger partial charge in [-0.05, 0) is 45.5 Å². The Labute approximate surface area is 129 Å². The van der Waals surface area contributed by atoms with Crippen LogP contribution in [0, 0.1) is 0 Å². The summed E-state index contributed by atoms with van der Waals surface area (Å²) in [6.45, 7) is 9.98. The molecular formula is C17H30N4. The first kappa shape index (κ1) is 16.2. The highest BCUT2D eigenvalue weighted by Gasteiger charge is 2.23. The number of rotatable bonds is 6. The zero-order chi connectivity index (χ0) is 15.1. The largest absolute Gasteiger partial charge is 0.367 e. The molecule has 0 aliphatic carbocycles. The van der Waals surface area contributed by atoms with Gasteiger partial charge in [0.2, 0.25) is 0 Å². The third-order valence-electron chi connectivity index (χ3n) is 4.30. The number of aromatic nitrogens is 1. The summed E-state index contributed by atoms with van der Waals surface area (Å²) in [4.78, 5) is 9.40. The summed E-state index contributed by atoms with van der Waals surface area (Å²) in [5.74, 6) is 0. The van der Waals surface area contributed by atoms with E-state index in [9.17, 15) is 0 Å². The van der Waals surface area contributed by atoms with Crippen molar-refractivity contribution in [1.29, 1.82) is 0 Å². The summed E-state index contributed by atoms with van der Waals surface area (Å²) in [6, 6.07) is 2.79. The van der Waals surface area contributed by atoms with Crippen LogP contribution < -0.4 is 10.2 Å². The molecule has 1 aliphatic heterocycles. The Bertz CT molecular complexity index is 421. The van der Waals surface area contributed by atoms with Gasteiger partial charge >= 0.3 is 0 Å². The Kier molecular flexibility index (Phi) is 6.46. The highest BCUT2D eigenvalue weighted by Crippen LogP contribution is 2.25. The quantitative estimate of drug-likeness (QED) is 0.816. The molecule has 1 saturated heterocycles. The van der Waals surface area contributed by atoms with Crippen LogP contribution in [0.4, 0.5) is 5.69 Å². The molecule has 1 unspecified atom stereocenters. The molecule has 0 radical (unpaired) electrons. The van der Waals surface area contributed by atoms with Crippen LogP contribution in [0.3, 0.4) is 0 Å². The minimum atomic E-state index is 0.602. The molecule has 2 rings (SSSR count). The van der Waals surface area contributed by atoms with Crippen molar-refractivity contribution in [3.63, 3.8) is 0 Å². The minimum absolute atomic E-state index is 0.602. The van der Waals surface area contributed by atoms with Crippen molar-refractivity contribution in [2.45, 2.75) is 45.7 Å². The molecular weight excluding hydrogens is 260 g/mol. The van der Waals surface area contributed by atoms with Crippen molar-refractivity contribution in [2.75, 3.05) is 38.1 Å². The predicted octanol–water partition coefficient (Wildman–Crippen LogP) is 2.50. The van der Waals surface area contributed by atoms with Crippen LogP contribution in [0.2, 0.25) is 0 Å². The van der Waals surface area contributed by atoms with Crippen molar-refractivity contribution in [3.05, 3.63) is 24.0 Å². The lowest BCUT2D eigenvalue weighted by Crippen LogP contribution is -2.40. The Morgan fingerprint density at radius 1 is 1.33 bits per heavy atom. The van der Waals surface area contributed by atoms with Crippen molar-refractivity contribution >= 4 is 5.69 Å². The first-order chi connectivity index (χ1) is 10.3. The molecule has 4 nitrogen and oxygen atoms in total. The van der Waals surface area contributed by atoms with E-state index in [-0.39, 0.29) is 0 Å². The van der Waals surface area contributed by atoms with Crippen LogP contribution in [-0.2, 0) is 6.54 Å². The Morgan fingerprint density at radius 3 is 2.95 bits per heavy atom. The van der Waals surface area contributed by atoms with Crippen LogP contribution in [0.25, 0.3) is 0 Å². The third kappa shape index (κ3) is 4.42. The lowest BCUT2D eigenvalue weighted by molar-refractivity contribution is 0.328. The molecule has 1 aromatic heterocycles. The molecule has 0 spiro atoms. The number of nitrogens with one attached hydrogen (secondary N) is 1. The Balaban J connectivity index is 2.17.